The summed E-state index contributed by atoms with van der Waals surface area (Å²) in [6.07, 6.45) is 1.86. The van der Waals surface area contributed by atoms with Gasteiger partial charge in [0.05, 0.1) is 11.3 Å². The summed E-state index contributed by atoms with van der Waals surface area (Å²) < 4.78 is 20.6. The highest BCUT2D eigenvalue weighted by molar-refractivity contribution is 6.04. The van der Waals surface area contributed by atoms with Crippen molar-refractivity contribution >= 4 is 17.5 Å². The van der Waals surface area contributed by atoms with Crippen LogP contribution in [0.4, 0.5) is 10.1 Å². The highest BCUT2D eigenvalue weighted by Gasteiger charge is 2.41. The van der Waals surface area contributed by atoms with Crippen molar-refractivity contribution in [3.63, 3.8) is 0 Å². The molecule has 0 spiro atoms. The SMILES string of the molecule is CCN(C(=O)c1cc2c(cc1F)OC(C)(C)C(=O)N2CCN)[C@@H]1CCCNC1. The maximum atomic E-state index is 14.9. The summed E-state index contributed by atoms with van der Waals surface area (Å²) in [6.45, 7) is 7.77. The van der Waals surface area contributed by atoms with E-state index in [9.17, 15) is 14.0 Å². The van der Waals surface area contributed by atoms with Crippen LogP contribution in [-0.4, -0.2) is 61.1 Å². The number of nitrogens with zero attached hydrogens (tertiary/aromatic N) is 2. The lowest BCUT2D eigenvalue weighted by Gasteiger charge is -2.39. The highest BCUT2D eigenvalue weighted by atomic mass is 19.1. The van der Waals surface area contributed by atoms with Crippen LogP contribution in [0.2, 0.25) is 0 Å². The summed E-state index contributed by atoms with van der Waals surface area (Å²) in [7, 11) is 0. The molecule has 154 valence electrons. The fourth-order valence-electron chi connectivity index (χ4n) is 3.93. The number of likely N-dealkylation sites (N-methyl/N-ethyl adjacent to an activating group) is 1. The zero-order valence-electron chi connectivity index (χ0n) is 16.8. The first-order chi connectivity index (χ1) is 13.3. The summed E-state index contributed by atoms with van der Waals surface area (Å²) in [5, 5.41) is 3.28. The second kappa shape index (κ2) is 8.05. The predicted octanol–water partition coefficient (Wildman–Crippen LogP) is 1.50. The average Bonchev–Trinajstić information content (AvgIpc) is 2.66. The molecule has 3 rings (SSSR count). The molecule has 28 heavy (non-hydrogen) atoms. The first-order valence-electron chi connectivity index (χ1n) is 9.86. The third-order valence-electron chi connectivity index (χ3n) is 5.36. The Morgan fingerprint density at radius 3 is 2.82 bits per heavy atom. The highest BCUT2D eigenvalue weighted by Crippen LogP contribution is 2.39. The van der Waals surface area contributed by atoms with Crippen LogP contribution in [0.5, 0.6) is 5.75 Å². The van der Waals surface area contributed by atoms with Crippen LogP contribution in [0, 0.1) is 5.82 Å². The van der Waals surface area contributed by atoms with Crippen molar-refractivity contribution in [1.82, 2.24) is 10.2 Å². The number of ether oxygens (including phenoxy) is 1. The van der Waals surface area contributed by atoms with Gasteiger partial charge in [-0.25, -0.2) is 4.39 Å². The number of benzene rings is 1. The van der Waals surface area contributed by atoms with Crippen LogP contribution < -0.4 is 20.7 Å². The Morgan fingerprint density at radius 2 is 2.21 bits per heavy atom. The van der Waals surface area contributed by atoms with E-state index in [4.69, 9.17) is 10.5 Å². The molecule has 0 radical (unpaired) electrons. The molecule has 8 heteroatoms. The van der Waals surface area contributed by atoms with E-state index in [-0.39, 0.29) is 42.3 Å². The maximum absolute atomic E-state index is 14.9. The summed E-state index contributed by atoms with van der Waals surface area (Å²) >= 11 is 0. The van der Waals surface area contributed by atoms with E-state index >= 15 is 0 Å². The Labute approximate surface area is 165 Å². The van der Waals surface area contributed by atoms with E-state index in [0.717, 1.165) is 19.4 Å². The molecule has 2 heterocycles. The molecule has 2 aliphatic rings. The molecule has 7 nitrogen and oxygen atoms in total. The van der Waals surface area contributed by atoms with Crippen LogP contribution in [0.3, 0.4) is 0 Å². The average molecular weight is 392 g/mol. The van der Waals surface area contributed by atoms with Gasteiger partial charge in [0, 0.05) is 38.3 Å². The number of amides is 2. The largest absolute Gasteiger partial charge is 0.476 e. The number of carbonyl (C=O) groups is 2. The maximum Gasteiger partial charge on any atom is 0.270 e. The van der Waals surface area contributed by atoms with Crippen LogP contribution in [0.25, 0.3) is 0 Å². The van der Waals surface area contributed by atoms with Crippen molar-refractivity contribution in [2.75, 3.05) is 37.6 Å². The van der Waals surface area contributed by atoms with Crippen LogP contribution in [0.15, 0.2) is 12.1 Å². The number of fused-ring (bicyclic) bond motifs is 1. The zero-order valence-corrected chi connectivity index (χ0v) is 16.8. The Morgan fingerprint density at radius 1 is 1.46 bits per heavy atom. The van der Waals surface area contributed by atoms with E-state index in [1.165, 1.54) is 17.0 Å². The lowest BCUT2D eigenvalue weighted by Crippen LogP contribution is -2.54. The van der Waals surface area contributed by atoms with Crippen molar-refractivity contribution < 1.29 is 18.7 Å². The second-order valence-corrected chi connectivity index (χ2v) is 7.75. The van der Waals surface area contributed by atoms with Crippen molar-refractivity contribution in [2.24, 2.45) is 5.73 Å². The minimum atomic E-state index is -1.12. The van der Waals surface area contributed by atoms with Gasteiger partial charge in [0.15, 0.2) is 5.60 Å². The lowest BCUT2D eigenvalue weighted by atomic mass is 10.0. The number of carbonyl (C=O) groups excluding carboxylic acids is 2. The molecule has 0 unspecified atom stereocenters. The van der Waals surface area contributed by atoms with Crippen LogP contribution in [0.1, 0.15) is 44.0 Å². The van der Waals surface area contributed by atoms with Crippen molar-refractivity contribution in [3.8, 4) is 5.75 Å². The minimum absolute atomic E-state index is 0.0265. The van der Waals surface area contributed by atoms with E-state index in [0.29, 0.717) is 18.8 Å². The quantitative estimate of drug-likeness (QED) is 0.793. The first kappa shape index (κ1) is 20.5. The standard InChI is InChI=1S/C20H29FN4O3/c1-4-24(13-6-5-8-23-12-13)18(26)14-10-16-17(11-15(14)21)28-20(2,3)19(27)25(16)9-7-22/h10-11,13,23H,4-9,12,22H2,1-3H3/t13-/m1/s1. The van der Waals surface area contributed by atoms with Crippen molar-refractivity contribution in [3.05, 3.63) is 23.5 Å². The van der Waals surface area contributed by atoms with E-state index in [1.54, 1.807) is 18.7 Å². The van der Waals surface area contributed by atoms with Gasteiger partial charge >= 0.3 is 0 Å². The van der Waals surface area contributed by atoms with Gasteiger partial charge in [0.25, 0.3) is 11.8 Å². The van der Waals surface area contributed by atoms with E-state index < -0.39 is 11.4 Å². The smallest absolute Gasteiger partial charge is 0.270 e. The van der Waals surface area contributed by atoms with Gasteiger partial charge in [-0.05, 0) is 46.2 Å². The summed E-state index contributed by atoms with van der Waals surface area (Å²) in [6, 6.07) is 2.65. The van der Waals surface area contributed by atoms with Gasteiger partial charge in [-0.1, -0.05) is 0 Å². The van der Waals surface area contributed by atoms with E-state index in [2.05, 4.69) is 5.32 Å². The number of hydrogen-bond acceptors (Lipinski definition) is 5. The molecule has 2 amide bonds. The molecule has 1 aromatic rings. The fraction of sp³-hybridized carbons (Fsp3) is 0.600. The van der Waals surface area contributed by atoms with Gasteiger partial charge < -0.3 is 25.6 Å². The van der Waals surface area contributed by atoms with Gasteiger partial charge in [0.2, 0.25) is 0 Å². The fourth-order valence-corrected chi connectivity index (χ4v) is 3.93. The number of rotatable bonds is 5. The Hall–Kier alpha value is -2.19. The normalized spacial score (nSPS) is 21.1. The number of halogens is 1. The number of hydrogen-bond donors (Lipinski definition) is 2. The Balaban J connectivity index is 1.99. The molecule has 1 atom stereocenters. The molecule has 1 fully saturated rings. The lowest BCUT2D eigenvalue weighted by molar-refractivity contribution is -0.132. The Bertz CT molecular complexity index is 762. The molecule has 1 saturated heterocycles. The number of nitrogens with one attached hydrogen (secondary N) is 1. The Kier molecular flexibility index (Phi) is 5.90. The third-order valence-corrected chi connectivity index (χ3v) is 5.36. The van der Waals surface area contributed by atoms with Gasteiger partial charge in [-0.3, -0.25) is 9.59 Å². The van der Waals surface area contributed by atoms with Crippen molar-refractivity contribution in [1.29, 1.82) is 0 Å². The molecule has 1 aromatic carbocycles. The molecule has 2 aliphatic heterocycles. The first-order valence-corrected chi connectivity index (χ1v) is 9.86. The van der Waals surface area contributed by atoms with E-state index in [1.807, 2.05) is 6.92 Å². The van der Waals surface area contributed by atoms with Crippen LogP contribution >= 0.6 is 0 Å². The van der Waals surface area contributed by atoms with Gasteiger partial charge in [-0.15, -0.1) is 0 Å². The van der Waals surface area contributed by atoms with Gasteiger partial charge in [0.1, 0.15) is 11.6 Å². The molecule has 0 aromatic heterocycles. The van der Waals surface area contributed by atoms with Gasteiger partial charge in [-0.2, -0.15) is 0 Å². The second-order valence-electron chi connectivity index (χ2n) is 7.75. The minimum Gasteiger partial charge on any atom is -0.476 e. The van der Waals surface area contributed by atoms with Crippen LogP contribution in [-0.2, 0) is 4.79 Å². The number of piperidine rings is 1. The summed E-state index contributed by atoms with van der Waals surface area (Å²) in [4.78, 5) is 29.1. The monoisotopic (exact) mass is 392 g/mol. The summed E-state index contributed by atoms with van der Waals surface area (Å²) in [5.41, 5.74) is 4.88. The number of nitrogens with two attached hydrogens (primary N) is 1. The van der Waals surface area contributed by atoms with Crippen molar-refractivity contribution in [2.45, 2.75) is 45.3 Å². The molecule has 3 N–H and O–H groups in total. The molecule has 0 aliphatic carbocycles. The topological polar surface area (TPSA) is 87.9 Å². The zero-order chi connectivity index (χ0) is 20.5. The predicted molar refractivity (Wildman–Crippen MR) is 105 cm³/mol. The molecule has 0 saturated carbocycles. The molecule has 0 bridgehead atoms. The number of anilines is 1. The third kappa shape index (κ3) is 3.71. The molecular formula is C20H29FN4O3. The summed E-state index contributed by atoms with van der Waals surface area (Å²) in [5.74, 6) is -1.04. The molecular weight excluding hydrogens is 363 g/mol.